The van der Waals surface area contributed by atoms with Crippen molar-refractivity contribution < 1.29 is 9.53 Å². The summed E-state index contributed by atoms with van der Waals surface area (Å²) in [5.74, 6) is 0. The van der Waals surface area contributed by atoms with E-state index in [0.29, 0.717) is 19.3 Å². The third-order valence-electron chi connectivity index (χ3n) is 4.71. The van der Waals surface area contributed by atoms with Gasteiger partial charge in [-0.15, -0.1) is 0 Å². The molecule has 1 atom stereocenters. The highest BCUT2D eigenvalue weighted by Gasteiger charge is 2.18. The zero-order valence-electron chi connectivity index (χ0n) is 15.1. The Kier molecular flexibility index (Phi) is 7.46. The van der Waals surface area contributed by atoms with Gasteiger partial charge in [0.05, 0.1) is 12.1 Å². The van der Waals surface area contributed by atoms with Crippen LogP contribution in [0.1, 0.15) is 37.8 Å². The lowest BCUT2D eigenvalue weighted by molar-refractivity contribution is 0.0117. The molecule has 0 bridgehead atoms. The number of pyridine rings is 1. The van der Waals surface area contributed by atoms with Crippen LogP contribution in [0.4, 0.5) is 4.79 Å². The second kappa shape index (κ2) is 9.59. The molecule has 1 aromatic rings. The van der Waals surface area contributed by atoms with Crippen LogP contribution >= 0.6 is 0 Å². The molecule has 134 valence electrons. The molecule has 0 aromatic carbocycles. The predicted molar refractivity (Wildman–Crippen MR) is 94.9 cm³/mol. The molecule has 0 aliphatic carbocycles. The zero-order chi connectivity index (χ0) is 17.4. The first kappa shape index (κ1) is 18.7. The van der Waals surface area contributed by atoms with E-state index in [1.54, 1.807) is 17.3 Å². The Hall–Kier alpha value is -1.66. The van der Waals surface area contributed by atoms with Crippen molar-refractivity contribution in [3.05, 3.63) is 30.1 Å². The molecular formula is C18H30N4O2. The highest BCUT2D eigenvalue weighted by molar-refractivity contribution is 5.74. The van der Waals surface area contributed by atoms with Crippen molar-refractivity contribution in [1.29, 1.82) is 0 Å². The average Bonchev–Trinajstić information content (AvgIpc) is 2.62. The van der Waals surface area contributed by atoms with E-state index in [1.807, 2.05) is 26.1 Å². The summed E-state index contributed by atoms with van der Waals surface area (Å²) in [6.45, 7) is 5.58. The van der Waals surface area contributed by atoms with E-state index >= 15 is 0 Å². The number of hydrogen-bond donors (Lipinski definition) is 1. The number of urea groups is 1. The number of carbonyl (C=O) groups excluding carboxylic acids is 1. The first-order chi connectivity index (χ1) is 11.6. The first-order valence-electron chi connectivity index (χ1n) is 8.78. The molecule has 0 spiro atoms. The number of piperidine rings is 1. The van der Waals surface area contributed by atoms with E-state index < -0.39 is 0 Å². The summed E-state index contributed by atoms with van der Waals surface area (Å²) in [5.41, 5.74) is 1.08. The minimum atomic E-state index is -0.0568. The molecule has 1 aromatic heterocycles. The molecule has 6 nitrogen and oxygen atoms in total. The van der Waals surface area contributed by atoms with Gasteiger partial charge in [0.1, 0.15) is 0 Å². The molecule has 24 heavy (non-hydrogen) atoms. The van der Waals surface area contributed by atoms with Crippen molar-refractivity contribution in [2.45, 2.75) is 38.3 Å². The number of nitrogens with one attached hydrogen (secondary N) is 1. The van der Waals surface area contributed by atoms with Gasteiger partial charge in [0.2, 0.25) is 0 Å². The topological polar surface area (TPSA) is 57.7 Å². The summed E-state index contributed by atoms with van der Waals surface area (Å²) in [7, 11) is 3.96. The van der Waals surface area contributed by atoms with Crippen LogP contribution in [-0.2, 0) is 4.74 Å². The SMILES string of the molecule is C[C@H](c1ccncc1)N(C)C(=O)NCCCOC1CCN(C)CC1. The Morgan fingerprint density at radius 3 is 2.75 bits per heavy atom. The second-order valence-electron chi connectivity index (χ2n) is 6.53. The van der Waals surface area contributed by atoms with E-state index in [1.165, 1.54) is 0 Å². The summed E-state index contributed by atoms with van der Waals surface area (Å²) in [6, 6.07) is 3.83. The number of nitrogens with zero attached hydrogens (tertiary/aromatic N) is 3. The molecule has 0 radical (unpaired) electrons. The van der Waals surface area contributed by atoms with Gasteiger partial charge >= 0.3 is 6.03 Å². The van der Waals surface area contributed by atoms with Gasteiger partial charge in [-0.2, -0.15) is 0 Å². The Morgan fingerprint density at radius 2 is 2.08 bits per heavy atom. The third-order valence-corrected chi connectivity index (χ3v) is 4.71. The largest absolute Gasteiger partial charge is 0.378 e. The normalized spacial score (nSPS) is 17.5. The summed E-state index contributed by atoms with van der Waals surface area (Å²) < 4.78 is 5.89. The summed E-state index contributed by atoms with van der Waals surface area (Å²) in [6.07, 6.45) is 6.93. The standard InChI is InChI=1S/C18H30N4O2/c1-15(16-5-10-19-11-6-16)22(3)18(23)20-9-4-14-24-17-7-12-21(2)13-8-17/h5-6,10-11,15,17H,4,7-9,12-14H2,1-3H3,(H,20,23)/t15-/m1/s1. The number of ether oxygens (including phenoxy) is 1. The van der Waals surface area contributed by atoms with Crippen LogP contribution in [-0.4, -0.2) is 67.3 Å². The van der Waals surface area contributed by atoms with Crippen LogP contribution in [0.3, 0.4) is 0 Å². The molecule has 0 unspecified atom stereocenters. The molecule has 1 aliphatic rings. The minimum Gasteiger partial charge on any atom is -0.378 e. The molecule has 1 aliphatic heterocycles. The van der Waals surface area contributed by atoms with E-state index in [0.717, 1.165) is 37.9 Å². The third kappa shape index (κ3) is 5.76. The molecule has 2 rings (SSSR count). The van der Waals surface area contributed by atoms with Gasteiger partial charge in [-0.05, 0) is 50.9 Å². The number of carbonyl (C=O) groups is 1. The van der Waals surface area contributed by atoms with Crippen LogP contribution in [0.25, 0.3) is 0 Å². The summed E-state index contributed by atoms with van der Waals surface area (Å²) in [4.78, 5) is 20.3. The predicted octanol–water partition coefficient (Wildman–Crippen LogP) is 2.28. The van der Waals surface area contributed by atoms with Crippen molar-refractivity contribution >= 4 is 6.03 Å². The Balaban J connectivity index is 1.60. The van der Waals surface area contributed by atoms with Crippen molar-refractivity contribution in [2.75, 3.05) is 40.3 Å². The number of amides is 2. The van der Waals surface area contributed by atoms with Crippen molar-refractivity contribution in [3.8, 4) is 0 Å². The summed E-state index contributed by atoms with van der Waals surface area (Å²) >= 11 is 0. The van der Waals surface area contributed by atoms with Gasteiger partial charge < -0.3 is 19.9 Å². The van der Waals surface area contributed by atoms with E-state index in [2.05, 4.69) is 22.2 Å². The maximum absolute atomic E-state index is 12.2. The fourth-order valence-electron chi connectivity index (χ4n) is 2.84. The lowest BCUT2D eigenvalue weighted by Crippen LogP contribution is -2.39. The molecule has 1 fully saturated rings. The minimum absolute atomic E-state index is 0.0171. The lowest BCUT2D eigenvalue weighted by Gasteiger charge is -2.29. The van der Waals surface area contributed by atoms with Crippen LogP contribution in [0.5, 0.6) is 0 Å². The Labute approximate surface area is 145 Å². The second-order valence-corrected chi connectivity index (χ2v) is 6.53. The van der Waals surface area contributed by atoms with Crippen LogP contribution in [0, 0.1) is 0 Å². The lowest BCUT2D eigenvalue weighted by atomic mass is 10.1. The van der Waals surface area contributed by atoms with Crippen LogP contribution in [0.15, 0.2) is 24.5 Å². The van der Waals surface area contributed by atoms with Gasteiger partial charge in [0.25, 0.3) is 0 Å². The highest BCUT2D eigenvalue weighted by atomic mass is 16.5. The maximum atomic E-state index is 12.2. The van der Waals surface area contributed by atoms with Crippen LogP contribution < -0.4 is 5.32 Å². The first-order valence-corrected chi connectivity index (χ1v) is 8.78. The molecular weight excluding hydrogens is 304 g/mol. The van der Waals surface area contributed by atoms with E-state index in [9.17, 15) is 4.79 Å². The van der Waals surface area contributed by atoms with Gasteiger partial charge in [-0.25, -0.2) is 4.79 Å². The van der Waals surface area contributed by atoms with Gasteiger partial charge in [-0.3, -0.25) is 4.98 Å². The molecule has 1 N–H and O–H groups in total. The van der Waals surface area contributed by atoms with E-state index in [-0.39, 0.29) is 12.1 Å². The average molecular weight is 334 g/mol. The van der Waals surface area contributed by atoms with Gasteiger partial charge in [0, 0.05) is 45.7 Å². The number of rotatable bonds is 7. The quantitative estimate of drug-likeness (QED) is 0.777. The number of hydrogen-bond acceptors (Lipinski definition) is 4. The molecule has 0 saturated carbocycles. The molecule has 2 heterocycles. The van der Waals surface area contributed by atoms with Crippen molar-refractivity contribution in [1.82, 2.24) is 20.1 Å². The van der Waals surface area contributed by atoms with Crippen LogP contribution in [0.2, 0.25) is 0 Å². The number of likely N-dealkylation sites (tertiary alicyclic amines) is 1. The summed E-state index contributed by atoms with van der Waals surface area (Å²) in [5, 5.41) is 2.96. The van der Waals surface area contributed by atoms with E-state index in [4.69, 9.17) is 4.74 Å². The Morgan fingerprint density at radius 1 is 1.42 bits per heavy atom. The van der Waals surface area contributed by atoms with Gasteiger partial charge in [-0.1, -0.05) is 0 Å². The zero-order valence-corrected chi connectivity index (χ0v) is 15.1. The molecule has 2 amide bonds. The smallest absolute Gasteiger partial charge is 0.317 e. The molecule has 6 heteroatoms. The van der Waals surface area contributed by atoms with Crippen molar-refractivity contribution in [2.24, 2.45) is 0 Å². The fourth-order valence-corrected chi connectivity index (χ4v) is 2.84. The monoisotopic (exact) mass is 334 g/mol. The Bertz CT molecular complexity index is 489. The maximum Gasteiger partial charge on any atom is 0.317 e. The van der Waals surface area contributed by atoms with Gasteiger partial charge in [0.15, 0.2) is 0 Å². The number of aromatic nitrogens is 1. The fraction of sp³-hybridized carbons (Fsp3) is 0.667. The van der Waals surface area contributed by atoms with Crippen molar-refractivity contribution in [3.63, 3.8) is 0 Å². The molecule has 1 saturated heterocycles. The highest BCUT2D eigenvalue weighted by Crippen LogP contribution is 2.17.